The van der Waals surface area contributed by atoms with Gasteiger partial charge in [0.05, 0.1) is 0 Å². The molecular formula is C13H29N3. The lowest BCUT2D eigenvalue weighted by molar-refractivity contribution is 0.266. The average molecular weight is 227 g/mol. The predicted molar refractivity (Wildman–Crippen MR) is 70.8 cm³/mol. The molecule has 3 unspecified atom stereocenters. The van der Waals surface area contributed by atoms with Gasteiger partial charge in [0.1, 0.15) is 0 Å². The van der Waals surface area contributed by atoms with E-state index < -0.39 is 0 Å². The molecule has 0 aromatic rings. The van der Waals surface area contributed by atoms with Crippen LogP contribution in [0.3, 0.4) is 0 Å². The van der Waals surface area contributed by atoms with Crippen LogP contribution in [0.4, 0.5) is 0 Å². The van der Waals surface area contributed by atoms with E-state index in [0.717, 1.165) is 12.6 Å². The van der Waals surface area contributed by atoms with Gasteiger partial charge in [0.15, 0.2) is 0 Å². The maximum atomic E-state index is 3.82. The number of likely N-dealkylation sites (tertiary alicyclic amines) is 1. The monoisotopic (exact) mass is 227 g/mol. The minimum absolute atomic E-state index is 0.610. The quantitative estimate of drug-likeness (QED) is 0.763. The highest BCUT2D eigenvalue weighted by molar-refractivity contribution is 4.88. The summed E-state index contributed by atoms with van der Waals surface area (Å²) in [5, 5.41) is 3.82. The van der Waals surface area contributed by atoms with E-state index in [1.807, 2.05) is 0 Å². The van der Waals surface area contributed by atoms with Crippen molar-refractivity contribution in [1.29, 1.82) is 0 Å². The molecule has 1 saturated heterocycles. The Morgan fingerprint density at radius 2 is 2.00 bits per heavy atom. The van der Waals surface area contributed by atoms with Gasteiger partial charge >= 0.3 is 0 Å². The number of likely N-dealkylation sites (N-methyl/N-ethyl adjacent to an activating group) is 2. The second-order valence-electron chi connectivity index (χ2n) is 6.00. The average Bonchev–Trinajstić information content (AvgIpc) is 2.44. The van der Waals surface area contributed by atoms with Crippen molar-refractivity contribution in [2.75, 3.05) is 34.2 Å². The molecular weight excluding hydrogens is 198 g/mol. The van der Waals surface area contributed by atoms with Crippen LogP contribution in [-0.2, 0) is 0 Å². The molecule has 1 heterocycles. The number of hydrogen-bond acceptors (Lipinski definition) is 3. The van der Waals surface area contributed by atoms with E-state index in [0.29, 0.717) is 18.0 Å². The van der Waals surface area contributed by atoms with E-state index in [1.165, 1.54) is 13.0 Å². The summed E-state index contributed by atoms with van der Waals surface area (Å²) in [7, 11) is 6.53. The van der Waals surface area contributed by atoms with Gasteiger partial charge in [-0.05, 0) is 40.4 Å². The van der Waals surface area contributed by atoms with Gasteiger partial charge in [0.25, 0.3) is 0 Å². The maximum absolute atomic E-state index is 3.82. The van der Waals surface area contributed by atoms with Gasteiger partial charge in [-0.2, -0.15) is 0 Å². The van der Waals surface area contributed by atoms with Gasteiger partial charge in [-0.1, -0.05) is 13.8 Å². The van der Waals surface area contributed by atoms with Crippen LogP contribution in [0.25, 0.3) is 0 Å². The predicted octanol–water partition coefficient (Wildman–Crippen LogP) is 1.25. The number of nitrogens with zero attached hydrogens (tertiary/aromatic N) is 2. The molecule has 0 radical (unpaired) electrons. The van der Waals surface area contributed by atoms with Gasteiger partial charge in [0, 0.05) is 31.2 Å². The molecule has 0 spiro atoms. The molecule has 0 aliphatic carbocycles. The summed E-state index contributed by atoms with van der Waals surface area (Å²) in [6.45, 7) is 9.26. The third-order valence-corrected chi connectivity index (χ3v) is 3.70. The van der Waals surface area contributed by atoms with Gasteiger partial charge in [-0.15, -0.1) is 0 Å². The summed E-state index contributed by atoms with van der Waals surface area (Å²) in [4.78, 5) is 4.73. The molecule has 0 amide bonds. The standard InChI is InChI=1S/C13H29N3/c1-10(2)13(9-15(4)5)14-12-7-11(3)16(6)8-12/h10-14H,7-9H2,1-6H3. The molecule has 1 aliphatic heterocycles. The normalized spacial score (nSPS) is 29.2. The van der Waals surface area contributed by atoms with Gasteiger partial charge in [-0.25, -0.2) is 0 Å². The summed E-state index contributed by atoms with van der Waals surface area (Å²) in [6.07, 6.45) is 1.28. The minimum Gasteiger partial charge on any atom is -0.308 e. The van der Waals surface area contributed by atoms with Crippen LogP contribution >= 0.6 is 0 Å². The van der Waals surface area contributed by atoms with Gasteiger partial charge < -0.3 is 15.1 Å². The Kier molecular flexibility index (Phi) is 5.22. The molecule has 96 valence electrons. The van der Waals surface area contributed by atoms with Crippen LogP contribution in [0.5, 0.6) is 0 Å². The van der Waals surface area contributed by atoms with E-state index in [9.17, 15) is 0 Å². The summed E-state index contributed by atoms with van der Waals surface area (Å²) in [5.74, 6) is 0.698. The maximum Gasteiger partial charge on any atom is 0.0220 e. The highest BCUT2D eigenvalue weighted by Gasteiger charge is 2.28. The molecule has 0 aromatic carbocycles. The zero-order valence-corrected chi connectivity index (χ0v) is 11.8. The first-order chi connectivity index (χ1) is 7.40. The molecule has 1 fully saturated rings. The molecule has 0 saturated carbocycles. The lowest BCUT2D eigenvalue weighted by Gasteiger charge is -2.28. The second-order valence-corrected chi connectivity index (χ2v) is 6.00. The highest BCUT2D eigenvalue weighted by Crippen LogP contribution is 2.16. The summed E-state index contributed by atoms with van der Waals surface area (Å²) in [5.41, 5.74) is 0. The minimum atomic E-state index is 0.610. The highest BCUT2D eigenvalue weighted by atomic mass is 15.2. The summed E-state index contributed by atoms with van der Waals surface area (Å²) >= 11 is 0. The van der Waals surface area contributed by atoms with Gasteiger partial charge in [-0.3, -0.25) is 0 Å². The van der Waals surface area contributed by atoms with Crippen molar-refractivity contribution >= 4 is 0 Å². The Balaban J connectivity index is 2.43. The first-order valence-electron chi connectivity index (χ1n) is 6.51. The fourth-order valence-electron chi connectivity index (χ4n) is 2.47. The van der Waals surface area contributed by atoms with Gasteiger partial charge in [0.2, 0.25) is 0 Å². The Hall–Kier alpha value is -0.120. The first kappa shape index (κ1) is 13.9. The SMILES string of the molecule is CC(C)C(CN(C)C)NC1CC(C)N(C)C1. The van der Waals surface area contributed by atoms with E-state index in [1.54, 1.807) is 0 Å². The molecule has 1 aliphatic rings. The lowest BCUT2D eigenvalue weighted by Crippen LogP contribution is -2.47. The Labute approximate surface area is 101 Å². The zero-order valence-electron chi connectivity index (χ0n) is 11.8. The third kappa shape index (κ3) is 4.04. The van der Waals surface area contributed by atoms with Crippen molar-refractivity contribution in [3.8, 4) is 0 Å². The van der Waals surface area contributed by atoms with Crippen molar-refractivity contribution in [2.24, 2.45) is 5.92 Å². The molecule has 16 heavy (non-hydrogen) atoms. The number of rotatable bonds is 5. The van der Waals surface area contributed by atoms with Crippen LogP contribution in [0, 0.1) is 5.92 Å². The fourth-order valence-corrected chi connectivity index (χ4v) is 2.47. The molecule has 1 N–H and O–H groups in total. The fraction of sp³-hybridized carbons (Fsp3) is 1.00. The van der Waals surface area contributed by atoms with Crippen LogP contribution in [0.15, 0.2) is 0 Å². The second kappa shape index (κ2) is 5.99. The van der Waals surface area contributed by atoms with Crippen LogP contribution < -0.4 is 5.32 Å². The van der Waals surface area contributed by atoms with E-state index in [2.05, 4.69) is 57.0 Å². The molecule has 3 nitrogen and oxygen atoms in total. The molecule has 1 rings (SSSR count). The van der Waals surface area contributed by atoms with Crippen LogP contribution in [0.1, 0.15) is 27.2 Å². The number of hydrogen-bond donors (Lipinski definition) is 1. The number of nitrogens with one attached hydrogen (secondary N) is 1. The molecule has 0 bridgehead atoms. The summed E-state index contributed by atoms with van der Waals surface area (Å²) in [6, 6.07) is 2.01. The van der Waals surface area contributed by atoms with E-state index >= 15 is 0 Å². The van der Waals surface area contributed by atoms with Crippen molar-refractivity contribution < 1.29 is 0 Å². The van der Waals surface area contributed by atoms with Crippen molar-refractivity contribution in [2.45, 2.75) is 45.3 Å². The van der Waals surface area contributed by atoms with Crippen LogP contribution in [0.2, 0.25) is 0 Å². The Bertz CT molecular complexity index is 193. The topological polar surface area (TPSA) is 18.5 Å². The molecule has 0 aromatic heterocycles. The first-order valence-corrected chi connectivity index (χ1v) is 6.51. The smallest absolute Gasteiger partial charge is 0.0220 e. The Morgan fingerprint density at radius 1 is 1.38 bits per heavy atom. The van der Waals surface area contributed by atoms with E-state index in [-0.39, 0.29) is 0 Å². The van der Waals surface area contributed by atoms with Crippen molar-refractivity contribution in [3.05, 3.63) is 0 Å². The zero-order chi connectivity index (χ0) is 12.3. The third-order valence-electron chi connectivity index (χ3n) is 3.70. The largest absolute Gasteiger partial charge is 0.308 e. The molecule has 3 heteroatoms. The van der Waals surface area contributed by atoms with Crippen molar-refractivity contribution in [3.63, 3.8) is 0 Å². The van der Waals surface area contributed by atoms with Crippen LogP contribution in [-0.4, -0.2) is 62.2 Å². The Morgan fingerprint density at radius 3 is 2.38 bits per heavy atom. The van der Waals surface area contributed by atoms with Crippen molar-refractivity contribution in [1.82, 2.24) is 15.1 Å². The lowest BCUT2D eigenvalue weighted by atomic mass is 10.0. The van der Waals surface area contributed by atoms with E-state index in [4.69, 9.17) is 0 Å². The summed E-state index contributed by atoms with van der Waals surface area (Å²) < 4.78 is 0. The molecule has 3 atom stereocenters.